The number of nitrogens with zero attached hydrogens (tertiary/aromatic N) is 1. The molecule has 0 bridgehead atoms. The number of carbonyl (C=O) groups excluding carboxylic acids is 1. The van der Waals surface area contributed by atoms with Crippen molar-refractivity contribution < 1.29 is 9.63 Å². The van der Waals surface area contributed by atoms with Gasteiger partial charge in [-0.25, -0.2) is 5.06 Å². The molecule has 0 N–H and O–H groups in total. The molecule has 100 valence electrons. The zero-order valence-electron chi connectivity index (χ0n) is 11.2. The smallest absolute Gasteiger partial charge is 0.267 e. The molecule has 0 radical (unpaired) electrons. The van der Waals surface area contributed by atoms with E-state index in [0.29, 0.717) is 13.2 Å². The number of hydrogen-bond donors (Lipinski definition) is 0. The first-order valence-corrected chi connectivity index (χ1v) is 6.16. The van der Waals surface area contributed by atoms with Crippen LogP contribution in [0, 0.1) is 0 Å². The highest BCUT2D eigenvalue weighted by molar-refractivity contribution is 5.86. The summed E-state index contributed by atoms with van der Waals surface area (Å²) in [6, 6.07) is 9.68. The summed E-state index contributed by atoms with van der Waals surface area (Å²) in [6.07, 6.45) is 8.79. The molecule has 0 saturated heterocycles. The van der Waals surface area contributed by atoms with Gasteiger partial charge < -0.3 is 0 Å². The number of carbonyl (C=O) groups is 1. The molecule has 0 fully saturated rings. The van der Waals surface area contributed by atoms with E-state index in [9.17, 15) is 4.79 Å². The van der Waals surface area contributed by atoms with Crippen LogP contribution in [0.1, 0.15) is 12.5 Å². The third-order valence-corrected chi connectivity index (χ3v) is 2.36. The number of hydroxylamine groups is 2. The normalized spacial score (nSPS) is 11.0. The maximum Gasteiger partial charge on any atom is 0.269 e. The lowest BCUT2D eigenvalue weighted by Crippen LogP contribution is -2.29. The molecular weight excluding hydrogens is 238 g/mol. The molecular formula is C16H19NO2. The summed E-state index contributed by atoms with van der Waals surface area (Å²) in [4.78, 5) is 17.1. The van der Waals surface area contributed by atoms with Gasteiger partial charge in [-0.1, -0.05) is 61.2 Å². The molecule has 0 unspecified atom stereocenters. The lowest BCUT2D eigenvalue weighted by Gasteiger charge is -2.19. The van der Waals surface area contributed by atoms with Gasteiger partial charge in [0, 0.05) is 0 Å². The van der Waals surface area contributed by atoms with Crippen molar-refractivity contribution in [2.45, 2.75) is 13.5 Å². The van der Waals surface area contributed by atoms with Crippen LogP contribution in [0.4, 0.5) is 0 Å². The average Bonchev–Trinajstić information content (AvgIpc) is 2.46. The van der Waals surface area contributed by atoms with Crippen LogP contribution in [-0.4, -0.2) is 17.6 Å². The fourth-order valence-electron chi connectivity index (χ4n) is 1.42. The van der Waals surface area contributed by atoms with Crippen molar-refractivity contribution in [3.63, 3.8) is 0 Å². The number of benzene rings is 1. The SMILES string of the molecule is C=CC(=O)N(Cc1ccccc1)OC/C=C/C=C/C. The van der Waals surface area contributed by atoms with E-state index < -0.39 is 0 Å². The monoisotopic (exact) mass is 257 g/mol. The highest BCUT2D eigenvalue weighted by Crippen LogP contribution is 2.06. The number of hydrogen-bond acceptors (Lipinski definition) is 2. The minimum Gasteiger partial charge on any atom is -0.267 e. The van der Waals surface area contributed by atoms with E-state index in [4.69, 9.17) is 4.84 Å². The Bertz CT molecular complexity index is 449. The van der Waals surface area contributed by atoms with Crippen LogP contribution in [0.3, 0.4) is 0 Å². The number of allylic oxidation sites excluding steroid dienone is 3. The standard InChI is InChI=1S/C16H19NO2/c1-3-5-6-10-13-19-17(16(18)4-2)14-15-11-8-7-9-12-15/h3-12H,2,13-14H2,1H3/b5-3+,10-6+. The van der Waals surface area contributed by atoms with Crippen LogP contribution in [-0.2, 0) is 16.2 Å². The maximum atomic E-state index is 11.7. The van der Waals surface area contributed by atoms with Crippen LogP contribution >= 0.6 is 0 Å². The van der Waals surface area contributed by atoms with E-state index >= 15 is 0 Å². The Morgan fingerprint density at radius 3 is 2.68 bits per heavy atom. The second-order valence-electron chi connectivity index (χ2n) is 3.81. The molecule has 0 spiro atoms. The summed E-state index contributed by atoms with van der Waals surface area (Å²) >= 11 is 0. The lowest BCUT2D eigenvalue weighted by molar-refractivity contribution is -0.180. The van der Waals surface area contributed by atoms with Crippen molar-refractivity contribution in [2.24, 2.45) is 0 Å². The van der Waals surface area contributed by atoms with Gasteiger partial charge in [-0.05, 0) is 18.6 Å². The van der Waals surface area contributed by atoms with Crippen LogP contribution in [0.25, 0.3) is 0 Å². The first-order valence-electron chi connectivity index (χ1n) is 6.16. The summed E-state index contributed by atoms with van der Waals surface area (Å²) in [5.74, 6) is -0.247. The first-order chi connectivity index (χ1) is 9.27. The molecule has 1 aromatic carbocycles. The third-order valence-electron chi connectivity index (χ3n) is 2.36. The minimum atomic E-state index is -0.247. The Balaban J connectivity index is 2.57. The Hall–Kier alpha value is -2.13. The Morgan fingerprint density at radius 2 is 2.05 bits per heavy atom. The fourth-order valence-corrected chi connectivity index (χ4v) is 1.42. The van der Waals surface area contributed by atoms with E-state index in [1.165, 1.54) is 11.1 Å². The van der Waals surface area contributed by atoms with Crippen LogP contribution < -0.4 is 0 Å². The van der Waals surface area contributed by atoms with Gasteiger partial charge >= 0.3 is 0 Å². The molecule has 0 aliphatic rings. The molecule has 0 aromatic heterocycles. The van der Waals surface area contributed by atoms with Crippen LogP contribution in [0.2, 0.25) is 0 Å². The molecule has 0 atom stereocenters. The van der Waals surface area contributed by atoms with Crippen LogP contribution in [0.15, 0.2) is 67.3 Å². The summed E-state index contributed by atoms with van der Waals surface area (Å²) in [6.45, 7) is 6.17. The summed E-state index contributed by atoms with van der Waals surface area (Å²) in [7, 11) is 0. The van der Waals surface area contributed by atoms with Crippen molar-refractivity contribution >= 4 is 5.91 Å². The van der Waals surface area contributed by atoms with E-state index in [1.54, 1.807) is 0 Å². The minimum absolute atomic E-state index is 0.247. The average molecular weight is 257 g/mol. The number of rotatable bonds is 7. The predicted octanol–water partition coefficient (Wildman–Crippen LogP) is 3.27. The summed E-state index contributed by atoms with van der Waals surface area (Å²) < 4.78 is 0. The van der Waals surface area contributed by atoms with Gasteiger partial charge in [0.25, 0.3) is 5.91 Å². The molecule has 1 rings (SSSR count). The van der Waals surface area contributed by atoms with Crippen molar-refractivity contribution in [3.8, 4) is 0 Å². The largest absolute Gasteiger partial charge is 0.269 e. The quantitative estimate of drug-likeness (QED) is 0.426. The Morgan fingerprint density at radius 1 is 1.32 bits per heavy atom. The van der Waals surface area contributed by atoms with Crippen LogP contribution in [0.5, 0.6) is 0 Å². The molecule has 0 heterocycles. The topological polar surface area (TPSA) is 29.5 Å². The Labute approximate surface area is 114 Å². The van der Waals surface area contributed by atoms with Gasteiger partial charge in [-0.15, -0.1) is 0 Å². The lowest BCUT2D eigenvalue weighted by atomic mass is 10.2. The zero-order chi connectivity index (χ0) is 13.9. The molecule has 3 nitrogen and oxygen atoms in total. The summed E-state index contributed by atoms with van der Waals surface area (Å²) in [5, 5.41) is 1.31. The second-order valence-corrected chi connectivity index (χ2v) is 3.81. The highest BCUT2D eigenvalue weighted by atomic mass is 16.7. The van der Waals surface area contributed by atoms with E-state index in [-0.39, 0.29) is 5.91 Å². The van der Waals surface area contributed by atoms with Gasteiger partial charge in [-0.2, -0.15) is 0 Å². The van der Waals surface area contributed by atoms with Crippen molar-refractivity contribution in [3.05, 3.63) is 72.9 Å². The van der Waals surface area contributed by atoms with Crippen molar-refractivity contribution in [1.82, 2.24) is 5.06 Å². The van der Waals surface area contributed by atoms with Crippen molar-refractivity contribution in [1.29, 1.82) is 0 Å². The fraction of sp³-hybridized carbons (Fsp3) is 0.188. The molecule has 19 heavy (non-hydrogen) atoms. The molecule has 3 heteroatoms. The van der Waals surface area contributed by atoms with Gasteiger partial charge in [0.05, 0.1) is 13.2 Å². The van der Waals surface area contributed by atoms with E-state index in [0.717, 1.165) is 5.56 Å². The van der Waals surface area contributed by atoms with Gasteiger partial charge in [0.15, 0.2) is 0 Å². The predicted molar refractivity (Wildman–Crippen MR) is 77.1 cm³/mol. The molecule has 0 aliphatic heterocycles. The zero-order valence-corrected chi connectivity index (χ0v) is 11.2. The third kappa shape index (κ3) is 5.84. The van der Waals surface area contributed by atoms with E-state index in [1.807, 2.05) is 61.6 Å². The summed E-state index contributed by atoms with van der Waals surface area (Å²) in [5.41, 5.74) is 1.01. The highest BCUT2D eigenvalue weighted by Gasteiger charge is 2.10. The first kappa shape index (κ1) is 14.9. The van der Waals surface area contributed by atoms with Gasteiger partial charge in [0.1, 0.15) is 0 Å². The van der Waals surface area contributed by atoms with Gasteiger partial charge in [0.2, 0.25) is 0 Å². The van der Waals surface area contributed by atoms with Gasteiger partial charge in [-0.3, -0.25) is 9.63 Å². The maximum absolute atomic E-state index is 11.7. The molecule has 1 amide bonds. The molecule has 1 aromatic rings. The van der Waals surface area contributed by atoms with Crippen molar-refractivity contribution in [2.75, 3.05) is 6.61 Å². The second kappa shape index (κ2) is 8.89. The van der Waals surface area contributed by atoms with E-state index in [2.05, 4.69) is 6.58 Å². The number of amides is 1. The Kier molecular flexibility index (Phi) is 6.98. The molecule has 0 saturated carbocycles. The molecule has 0 aliphatic carbocycles.